The number of furan rings is 1. The quantitative estimate of drug-likeness (QED) is 0.656. The third kappa shape index (κ3) is 3.96. The second kappa shape index (κ2) is 8.33. The number of fused-ring (bicyclic) bond motifs is 1. The highest BCUT2D eigenvalue weighted by Gasteiger charge is 2.21. The predicted molar refractivity (Wildman–Crippen MR) is 107 cm³/mol. The number of aromatic amines is 1. The van der Waals surface area contributed by atoms with E-state index in [-0.39, 0.29) is 11.9 Å². The van der Waals surface area contributed by atoms with Gasteiger partial charge < -0.3 is 14.6 Å². The average Bonchev–Trinajstić information content (AvgIpc) is 3.46. The van der Waals surface area contributed by atoms with Crippen molar-refractivity contribution in [3.63, 3.8) is 0 Å². The summed E-state index contributed by atoms with van der Waals surface area (Å²) in [5.74, 6) is 1.04. The molecule has 1 aliphatic rings. The number of amides is 2. The standard InChI is InChI=1S/C22H26N4O2/c1-26(15-20-18-9-5-10-19(18)24-25-20)22(27)23-13-12-17(21-11-6-14-28-21)16-7-3-2-4-8-16/h2-4,6-8,11,14,17H,5,9-10,12-13,15H2,1H3,(H,23,27)(H,24,25)/t17-/m0/s1. The number of nitrogens with zero attached hydrogens (tertiary/aromatic N) is 2. The van der Waals surface area contributed by atoms with Gasteiger partial charge in [-0.1, -0.05) is 30.3 Å². The van der Waals surface area contributed by atoms with Crippen LogP contribution in [0.2, 0.25) is 0 Å². The van der Waals surface area contributed by atoms with Crippen LogP contribution in [0, 0.1) is 0 Å². The monoisotopic (exact) mass is 378 g/mol. The number of hydrogen-bond donors (Lipinski definition) is 2. The number of rotatable bonds is 7. The summed E-state index contributed by atoms with van der Waals surface area (Å²) >= 11 is 0. The van der Waals surface area contributed by atoms with Crippen LogP contribution < -0.4 is 5.32 Å². The lowest BCUT2D eigenvalue weighted by molar-refractivity contribution is 0.206. The molecule has 2 heterocycles. The minimum absolute atomic E-state index is 0.0824. The van der Waals surface area contributed by atoms with Crippen LogP contribution in [0.5, 0.6) is 0 Å². The van der Waals surface area contributed by atoms with E-state index in [9.17, 15) is 4.79 Å². The van der Waals surface area contributed by atoms with Crippen molar-refractivity contribution in [1.82, 2.24) is 20.4 Å². The Morgan fingerprint density at radius 1 is 1.25 bits per heavy atom. The van der Waals surface area contributed by atoms with Gasteiger partial charge in [0.25, 0.3) is 0 Å². The van der Waals surface area contributed by atoms with E-state index < -0.39 is 0 Å². The summed E-state index contributed by atoms with van der Waals surface area (Å²) in [5, 5.41) is 10.5. The molecule has 6 nitrogen and oxygen atoms in total. The lowest BCUT2D eigenvalue weighted by Crippen LogP contribution is -2.37. The van der Waals surface area contributed by atoms with Crippen molar-refractivity contribution in [2.45, 2.75) is 38.1 Å². The van der Waals surface area contributed by atoms with Gasteiger partial charge in [0.2, 0.25) is 0 Å². The van der Waals surface area contributed by atoms with Crippen LogP contribution in [0.25, 0.3) is 0 Å². The van der Waals surface area contributed by atoms with E-state index in [0.29, 0.717) is 13.1 Å². The summed E-state index contributed by atoms with van der Waals surface area (Å²) in [6, 6.07) is 14.1. The second-order valence-electron chi connectivity index (χ2n) is 7.34. The van der Waals surface area contributed by atoms with E-state index >= 15 is 0 Å². The fourth-order valence-corrected chi connectivity index (χ4v) is 3.92. The molecule has 0 fully saturated rings. The molecular formula is C22H26N4O2. The summed E-state index contributed by atoms with van der Waals surface area (Å²) < 4.78 is 5.63. The molecule has 2 N–H and O–H groups in total. The van der Waals surface area contributed by atoms with Crippen LogP contribution in [0.1, 0.15) is 47.0 Å². The molecule has 0 aliphatic heterocycles. The molecule has 0 radical (unpaired) electrons. The Kier molecular flexibility index (Phi) is 5.46. The second-order valence-corrected chi connectivity index (χ2v) is 7.34. The molecule has 1 atom stereocenters. The Morgan fingerprint density at radius 3 is 2.89 bits per heavy atom. The van der Waals surface area contributed by atoms with Gasteiger partial charge in [0.05, 0.1) is 18.5 Å². The molecule has 1 aliphatic carbocycles. The van der Waals surface area contributed by atoms with Crippen molar-refractivity contribution >= 4 is 6.03 Å². The summed E-state index contributed by atoms with van der Waals surface area (Å²) in [6.07, 6.45) is 5.75. The van der Waals surface area contributed by atoms with Crippen LogP contribution in [-0.2, 0) is 19.4 Å². The highest BCUT2D eigenvalue weighted by Crippen LogP contribution is 2.28. The van der Waals surface area contributed by atoms with Crippen LogP contribution >= 0.6 is 0 Å². The fourth-order valence-electron chi connectivity index (χ4n) is 3.92. The Balaban J connectivity index is 1.33. The molecule has 1 aromatic carbocycles. The number of carbonyl (C=O) groups excluding carboxylic acids is 1. The summed E-state index contributed by atoms with van der Waals surface area (Å²) in [7, 11) is 1.81. The van der Waals surface area contributed by atoms with Gasteiger partial charge >= 0.3 is 6.03 Å². The molecule has 2 amide bonds. The maximum Gasteiger partial charge on any atom is 0.317 e. The van der Waals surface area contributed by atoms with E-state index in [1.54, 1.807) is 11.2 Å². The van der Waals surface area contributed by atoms with Crippen molar-refractivity contribution in [3.8, 4) is 0 Å². The third-order valence-electron chi connectivity index (χ3n) is 5.42. The maximum atomic E-state index is 12.5. The largest absolute Gasteiger partial charge is 0.469 e. The number of benzene rings is 1. The van der Waals surface area contributed by atoms with Gasteiger partial charge in [0.15, 0.2) is 0 Å². The number of H-pyrrole nitrogens is 1. The molecule has 6 heteroatoms. The topological polar surface area (TPSA) is 74.2 Å². The number of aromatic nitrogens is 2. The molecule has 0 spiro atoms. The van der Waals surface area contributed by atoms with E-state index in [2.05, 4.69) is 27.6 Å². The lowest BCUT2D eigenvalue weighted by atomic mass is 9.93. The predicted octanol–water partition coefficient (Wildman–Crippen LogP) is 3.86. The number of nitrogens with one attached hydrogen (secondary N) is 2. The zero-order valence-corrected chi connectivity index (χ0v) is 16.1. The lowest BCUT2D eigenvalue weighted by Gasteiger charge is -2.19. The number of hydrogen-bond acceptors (Lipinski definition) is 3. The molecule has 3 aromatic rings. The fraction of sp³-hybridized carbons (Fsp3) is 0.364. The molecule has 0 unspecified atom stereocenters. The average molecular weight is 378 g/mol. The molecule has 28 heavy (non-hydrogen) atoms. The van der Waals surface area contributed by atoms with E-state index in [0.717, 1.165) is 30.7 Å². The van der Waals surface area contributed by atoms with Gasteiger partial charge in [-0.3, -0.25) is 5.10 Å². The number of carbonyl (C=O) groups is 1. The van der Waals surface area contributed by atoms with Gasteiger partial charge in [0, 0.05) is 25.2 Å². The minimum Gasteiger partial charge on any atom is -0.469 e. The van der Waals surface area contributed by atoms with E-state index in [1.165, 1.54) is 23.2 Å². The normalized spacial score (nSPS) is 13.9. The zero-order chi connectivity index (χ0) is 19.3. The summed E-state index contributed by atoms with van der Waals surface area (Å²) in [4.78, 5) is 14.2. The van der Waals surface area contributed by atoms with Crippen molar-refractivity contribution in [3.05, 3.63) is 77.0 Å². The highest BCUT2D eigenvalue weighted by molar-refractivity contribution is 5.73. The highest BCUT2D eigenvalue weighted by atomic mass is 16.3. The van der Waals surface area contributed by atoms with Gasteiger partial charge in [-0.05, 0) is 48.9 Å². The van der Waals surface area contributed by atoms with Crippen molar-refractivity contribution in [1.29, 1.82) is 0 Å². The van der Waals surface area contributed by atoms with Crippen LogP contribution in [0.4, 0.5) is 4.79 Å². The molecule has 0 saturated carbocycles. The van der Waals surface area contributed by atoms with Crippen LogP contribution in [0.3, 0.4) is 0 Å². The third-order valence-corrected chi connectivity index (χ3v) is 5.42. The molecule has 2 aromatic heterocycles. The van der Waals surface area contributed by atoms with E-state index in [4.69, 9.17) is 4.42 Å². The summed E-state index contributed by atoms with van der Waals surface area (Å²) in [5.41, 5.74) is 4.70. The molecular weight excluding hydrogens is 352 g/mol. The van der Waals surface area contributed by atoms with Crippen molar-refractivity contribution < 1.29 is 9.21 Å². The van der Waals surface area contributed by atoms with Gasteiger partial charge in [-0.2, -0.15) is 5.10 Å². The molecule has 4 rings (SSSR count). The molecule has 0 saturated heterocycles. The Bertz CT molecular complexity index is 902. The van der Waals surface area contributed by atoms with Crippen molar-refractivity contribution in [2.24, 2.45) is 0 Å². The van der Waals surface area contributed by atoms with Gasteiger partial charge in [-0.25, -0.2) is 4.79 Å². The first-order valence-corrected chi connectivity index (χ1v) is 9.84. The number of aryl methyl sites for hydroxylation is 1. The molecule has 0 bridgehead atoms. The number of urea groups is 1. The Labute approximate surface area is 164 Å². The first kappa shape index (κ1) is 18.3. The van der Waals surface area contributed by atoms with Gasteiger partial charge in [-0.15, -0.1) is 0 Å². The van der Waals surface area contributed by atoms with Gasteiger partial charge in [0.1, 0.15) is 5.76 Å². The van der Waals surface area contributed by atoms with Crippen LogP contribution in [-0.4, -0.2) is 34.7 Å². The van der Waals surface area contributed by atoms with Crippen molar-refractivity contribution in [2.75, 3.05) is 13.6 Å². The summed E-state index contributed by atoms with van der Waals surface area (Å²) in [6.45, 7) is 1.10. The smallest absolute Gasteiger partial charge is 0.317 e. The SMILES string of the molecule is CN(Cc1n[nH]c2c1CCC2)C(=O)NCC[C@@H](c1ccccc1)c1ccco1. The first-order chi connectivity index (χ1) is 13.7. The van der Waals surface area contributed by atoms with Crippen LogP contribution in [0.15, 0.2) is 53.1 Å². The molecule has 146 valence electrons. The first-order valence-electron chi connectivity index (χ1n) is 9.84. The zero-order valence-electron chi connectivity index (χ0n) is 16.1. The minimum atomic E-state index is -0.0824. The Hall–Kier alpha value is -3.02. The van der Waals surface area contributed by atoms with E-state index in [1.807, 2.05) is 37.4 Å². The maximum absolute atomic E-state index is 12.5. The Morgan fingerprint density at radius 2 is 2.11 bits per heavy atom.